The molecule has 0 N–H and O–H groups in total. The fourth-order valence-corrected chi connectivity index (χ4v) is 7.16. The van der Waals surface area contributed by atoms with Gasteiger partial charge in [-0.3, -0.25) is 0 Å². The van der Waals surface area contributed by atoms with Gasteiger partial charge in [-0.1, -0.05) is 0 Å². The first-order valence-electron chi connectivity index (χ1n) is 6.37. The smallest absolute Gasteiger partial charge is 0.324 e. The van der Waals surface area contributed by atoms with E-state index in [0.29, 0.717) is 0 Å². The van der Waals surface area contributed by atoms with Crippen molar-refractivity contribution < 1.29 is 8.85 Å². The van der Waals surface area contributed by atoms with Crippen LogP contribution in [0.2, 0.25) is 5.54 Å². The standard InChI is InChI=1S/C12H22O2Si/c1-13-15(14-2)12-10-4-8-3-9(6-10)7-11(12)5-8/h8-12,15H,3-7H2,1-2H3. The maximum Gasteiger partial charge on any atom is 0.324 e. The van der Waals surface area contributed by atoms with Gasteiger partial charge < -0.3 is 8.85 Å². The first-order valence-corrected chi connectivity index (χ1v) is 7.98. The van der Waals surface area contributed by atoms with Crippen LogP contribution in [0.3, 0.4) is 0 Å². The molecule has 4 bridgehead atoms. The van der Waals surface area contributed by atoms with Crippen LogP contribution in [-0.4, -0.2) is 23.5 Å². The third-order valence-corrected chi connectivity index (χ3v) is 7.72. The summed E-state index contributed by atoms with van der Waals surface area (Å²) in [6, 6.07) is 0. The van der Waals surface area contributed by atoms with Crippen LogP contribution >= 0.6 is 0 Å². The number of hydrogen-bond acceptors (Lipinski definition) is 2. The Kier molecular flexibility index (Phi) is 2.65. The van der Waals surface area contributed by atoms with E-state index in [2.05, 4.69) is 0 Å². The largest absolute Gasteiger partial charge is 0.400 e. The molecular formula is C12H22O2Si. The van der Waals surface area contributed by atoms with Crippen molar-refractivity contribution >= 4 is 9.28 Å². The van der Waals surface area contributed by atoms with E-state index >= 15 is 0 Å². The van der Waals surface area contributed by atoms with E-state index in [-0.39, 0.29) is 0 Å². The summed E-state index contributed by atoms with van der Waals surface area (Å²) < 4.78 is 11.3. The average Bonchev–Trinajstić information content (AvgIpc) is 2.22. The fourth-order valence-electron chi connectivity index (χ4n) is 4.82. The summed E-state index contributed by atoms with van der Waals surface area (Å²) in [6.45, 7) is 0. The van der Waals surface area contributed by atoms with Crippen molar-refractivity contribution in [2.75, 3.05) is 14.2 Å². The topological polar surface area (TPSA) is 18.5 Å². The second-order valence-electron chi connectivity index (χ2n) is 5.85. The molecule has 0 aromatic heterocycles. The van der Waals surface area contributed by atoms with Crippen LogP contribution in [0.5, 0.6) is 0 Å². The maximum absolute atomic E-state index is 5.64. The van der Waals surface area contributed by atoms with Crippen molar-refractivity contribution in [3.63, 3.8) is 0 Å². The lowest BCUT2D eigenvalue weighted by Crippen LogP contribution is -2.48. The molecule has 4 fully saturated rings. The third-order valence-electron chi connectivity index (χ3n) is 5.08. The molecule has 4 rings (SSSR count). The molecule has 0 saturated heterocycles. The molecule has 3 heteroatoms. The van der Waals surface area contributed by atoms with E-state index in [1.54, 1.807) is 0 Å². The van der Waals surface area contributed by atoms with Crippen LogP contribution in [0, 0.1) is 23.7 Å². The van der Waals surface area contributed by atoms with Crippen molar-refractivity contribution in [3.8, 4) is 0 Å². The summed E-state index contributed by atoms with van der Waals surface area (Å²) in [5.74, 6) is 4.04. The second-order valence-corrected chi connectivity index (χ2v) is 8.30. The highest BCUT2D eigenvalue weighted by molar-refractivity contribution is 6.46. The first-order chi connectivity index (χ1) is 7.31. The van der Waals surface area contributed by atoms with Crippen LogP contribution in [-0.2, 0) is 8.85 Å². The quantitative estimate of drug-likeness (QED) is 0.688. The van der Waals surface area contributed by atoms with Gasteiger partial charge in [0.15, 0.2) is 0 Å². The molecule has 4 aliphatic rings. The normalized spacial score (nSPS) is 47.8. The van der Waals surface area contributed by atoms with Gasteiger partial charge >= 0.3 is 9.28 Å². The van der Waals surface area contributed by atoms with Crippen molar-refractivity contribution in [1.29, 1.82) is 0 Å². The molecule has 0 heterocycles. The van der Waals surface area contributed by atoms with Gasteiger partial charge in [0, 0.05) is 19.8 Å². The predicted molar refractivity (Wildman–Crippen MR) is 62.0 cm³/mol. The lowest BCUT2D eigenvalue weighted by atomic mass is 9.56. The predicted octanol–water partition coefficient (Wildman–Crippen LogP) is 2.33. The number of rotatable bonds is 3. The molecule has 0 amide bonds. The van der Waals surface area contributed by atoms with Gasteiger partial charge in [0.1, 0.15) is 0 Å². The summed E-state index contributed by atoms with van der Waals surface area (Å²) in [6.07, 6.45) is 7.45. The van der Waals surface area contributed by atoms with Crippen molar-refractivity contribution in [2.45, 2.75) is 37.6 Å². The summed E-state index contributed by atoms with van der Waals surface area (Å²) >= 11 is 0. The minimum atomic E-state index is -1.36. The Bertz CT molecular complexity index is 212. The molecular weight excluding hydrogens is 204 g/mol. The highest BCUT2D eigenvalue weighted by atomic mass is 28.3. The molecule has 86 valence electrons. The Morgan fingerprint density at radius 3 is 1.67 bits per heavy atom. The van der Waals surface area contributed by atoms with Crippen LogP contribution in [0.1, 0.15) is 32.1 Å². The van der Waals surface area contributed by atoms with Gasteiger partial charge in [-0.2, -0.15) is 0 Å². The fraction of sp³-hybridized carbons (Fsp3) is 1.00. The van der Waals surface area contributed by atoms with Crippen molar-refractivity contribution in [1.82, 2.24) is 0 Å². The average molecular weight is 226 g/mol. The van der Waals surface area contributed by atoms with E-state index in [1.807, 2.05) is 14.2 Å². The summed E-state index contributed by atoms with van der Waals surface area (Å²) in [4.78, 5) is 0. The zero-order chi connectivity index (χ0) is 10.4. The van der Waals surface area contributed by atoms with E-state index in [0.717, 1.165) is 29.2 Å². The van der Waals surface area contributed by atoms with E-state index < -0.39 is 9.28 Å². The van der Waals surface area contributed by atoms with Crippen LogP contribution in [0.25, 0.3) is 0 Å². The second kappa shape index (κ2) is 3.86. The Balaban J connectivity index is 1.79. The zero-order valence-corrected chi connectivity index (χ0v) is 11.0. The summed E-state index contributed by atoms with van der Waals surface area (Å²) in [5.41, 5.74) is 0.827. The van der Waals surface area contributed by atoms with Crippen LogP contribution < -0.4 is 0 Å². The van der Waals surface area contributed by atoms with Crippen molar-refractivity contribution in [3.05, 3.63) is 0 Å². The van der Waals surface area contributed by atoms with Gasteiger partial charge in [-0.05, 0) is 55.8 Å². The van der Waals surface area contributed by atoms with Crippen LogP contribution in [0.4, 0.5) is 0 Å². The monoisotopic (exact) mass is 226 g/mol. The Labute approximate surface area is 94.2 Å². The minimum absolute atomic E-state index is 0.827. The summed E-state index contributed by atoms with van der Waals surface area (Å²) in [7, 11) is 2.34. The van der Waals surface area contributed by atoms with Gasteiger partial charge in [0.2, 0.25) is 0 Å². The molecule has 15 heavy (non-hydrogen) atoms. The van der Waals surface area contributed by atoms with Gasteiger partial charge in [-0.15, -0.1) is 0 Å². The number of hydrogen-bond donors (Lipinski definition) is 0. The molecule has 0 aromatic carbocycles. The maximum atomic E-state index is 5.64. The zero-order valence-electron chi connectivity index (χ0n) is 9.82. The molecule has 0 unspecified atom stereocenters. The Morgan fingerprint density at radius 2 is 1.27 bits per heavy atom. The molecule has 0 aromatic rings. The van der Waals surface area contributed by atoms with Crippen LogP contribution in [0.15, 0.2) is 0 Å². The Hall–Kier alpha value is 0.137. The Morgan fingerprint density at radius 1 is 0.800 bits per heavy atom. The lowest BCUT2D eigenvalue weighted by Gasteiger charge is -2.55. The van der Waals surface area contributed by atoms with Gasteiger partial charge in [0.05, 0.1) is 0 Å². The molecule has 0 spiro atoms. The molecule has 0 aliphatic heterocycles. The highest BCUT2D eigenvalue weighted by Gasteiger charge is 2.51. The lowest BCUT2D eigenvalue weighted by molar-refractivity contribution is 0.00680. The first kappa shape index (κ1) is 10.3. The highest BCUT2D eigenvalue weighted by Crippen LogP contribution is 2.59. The molecule has 2 nitrogen and oxygen atoms in total. The van der Waals surface area contributed by atoms with Crippen molar-refractivity contribution in [2.24, 2.45) is 23.7 Å². The third kappa shape index (κ3) is 1.59. The van der Waals surface area contributed by atoms with E-state index in [4.69, 9.17) is 8.85 Å². The SMILES string of the molecule is CO[SiH](OC)C1C2CC3CC(C2)CC1C3. The van der Waals surface area contributed by atoms with Gasteiger partial charge in [-0.25, -0.2) is 0 Å². The molecule has 4 saturated carbocycles. The molecule has 0 radical (unpaired) electrons. The van der Waals surface area contributed by atoms with E-state index in [9.17, 15) is 0 Å². The minimum Gasteiger partial charge on any atom is -0.400 e. The molecule has 4 aliphatic carbocycles. The van der Waals surface area contributed by atoms with E-state index in [1.165, 1.54) is 32.1 Å². The molecule has 0 atom stereocenters. The summed E-state index contributed by atoms with van der Waals surface area (Å²) in [5, 5.41) is 0. The van der Waals surface area contributed by atoms with Gasteiger partial charge in [0.25, 0.3) is 0 Å².